The minimum atomic E-state index is 0.324. The van der Waals surface area contributed by atoms with Crippen molar-refractivity contribution >= 4 is 21.6 Å². The van der Waals surface area contributed by atoms with Gasteiger partial charge in [0, 0.05) is 36.4 Å². The quantitative estimate of drug-likeness (QED) is 0.683. The van der Waals surface area contributed by atoms with E-state index in [1.54, 1.807) is 0 Å². The second-order valence-electron chi connectivity index (χ2n) is 4.85. The van der Waals surface area contributed by atoms with Gasteiger partial charge >= 0.3 is 0 Å². The van der Waals surface area contributed by atoms with Crippen LogP contribution in [0.5, 0.6) is 5.75 Å². The smallest absolute Gasteiger partial charge is 0.120 e. The van der Waals surface area contributed by atoms with Gasteiger partial charge in [0.25, 0.3) is 0 Å². The molecule has 5 heteroatoms. The molecule has 1 aromatic carbocycles. The Bertz CT molecular complexity index is 451. The number of oxime groups is 1. The molecule has 0 aromatic heterocycles. The molecule has 0 radical (unpaired) electrons. The third kappa shape index (κ3) is 4.21. The summed E-state index contributed by atoms with van der Waals surface area (Å²) in [6.45, 7) is 5.54. The maximum Gasteiger partial charge on any atom is 0.120 e. The average molecular weight is 327 g/mol. The van der Waals surface area contributed by atoms with Gasteiger partial charge in [0.1, 0.15) is 12.4 Å². The van der Waals surface area contributed by atoms with E-state index in [4.69, 9.17) is 9.94 Å². The van der Waals surface area contributed by atoms with E-state index in [9.17, 15) is 0 Å². The zero-order valence-corrected chi connectivity index (χ0v) is 12.6. The minimum absolute atomic E-state index is 0.324. The van der Waals surface area contributed by atoms with Crippen molar-refractivity contribution in [1.82, 2.24) is 4.90 Å². The maximum absolute atomic E-state index is 8.84. The number of nitrogens with zero attached hydrogens (tertiary/aromatic N) is 2. The highest BCUT2D eigenvalue weighted by Crippen LogP contribution is 2.18. The predicted molar refractivity (Wildman–Crippen MR) is 79.1 cm³/mol. The van der Waals surface area contributed by atoms with Crippen LogP contribution < -0.4 is 4.74 Å². The van der Waals surface area contributed by atoms with Crippen molar-refractivity contribution in [2.75, 3.05) is 26.2 Å². The van der Waals surface area contributed by atoms with Crippen molar-refractivity contribution in [2.45, 2.75) is 13.3 Å². The second-order valence-corrected chi connectivity index (χ2v) is 5.76. The number of benzene rings is 1. The van der Waals surface area contributed by atoms with Crippen molar-refractivity contribution in [1.29, 1.82) is 0 Å². The molecule has 1 atom stereocenters. The molecule has 4 nitrogen and oxygen atoms in total. The van der Waals surface area contributed by atoms with Crippen LogP contribution in [0.2, 0.25) is 0 Å². The van der Waals surface area contributed by atoms with E-state index < -0.39 is 0 Å². The van der Waals surface area contributed by atoms with Gasteiger partial charge in [0.2, 0.25) is 0 Å². The lowest BCUT2D eigenvalue weighted by molar-refractivity contribution is 0.190. The van der Waals surface area contributed by atoms with E-state index in [-0.39, 0.29) is 0 Å². The highest BCUT2D eigenvalue weighted by molar-refractivity contribution is 9.10. The largest absolute Gasteiger partial charge is 0.492 e. The first-order chi connectivity index (χ1) is 9.19. The summed E-state index contributed by atoms with van der Waals surface area (Å²) in [7, 11) is 0. The van der Waals surface area contributed by atoms with Gasteiger partial charge in [0.15, 0.2) is 0 Å². The van der Waals surface area contributed by atoms with Crippen LogP contribution in [-0.4, -0.2) is 42.1 Å². The van der Waals surface area contributed by atoms with Crippen molar-refractivity contribution in [3.63, 3.8) is 0 Å². The zero-order chi connectivity index (χ0) is 13.7. The van der Waals surface area contributed by atoms with Gasteiger partial charge in [-0.05, 0) is 18.2 Å². The van der Waals surface area contributed by atoms with Crippen LogP contribution in [0, 0.1) is 5.92 Å². The molecule has 1 heterocycles. The molecule has 0 amide bonds. The van der Waals surface area contributed by atoms with Crippen molar-refractivity contribution in [3.05, 3.63) is 28.7 Å². The summed E-state index contributed by atoms with van der Waals surface area (Å²) in [5.74, 6) is 1.21. The summed E-state index contributed by atoms with van der Waals surface area (Å²) in [6.07, 6.45) is 0.842. The standard InChI is InChI=1S/C14H19BrN2O2/c1-11-10-17(6-5-14(11)16-18)7-8-19-13-4-2-3-12(15)9-13/h2-4,9,11,18H,5-8,10H2,1H3/b16-14+. The molecule has 2 rings (SSSR count). The Morgan fingerprint density at radius 1 is 1.53 bits per heavy atom. The maximum atomic E-state index is 8.84. The number of piperidine rings is 1. The summed E-state index contributed by atoms with van der Waals surface area (Å²) >= 11 is 3.43. The Balaban J connectivity index is 1.75. The monoisotopic (exact) mass is 326 g/mol. The number of ether oxygens (including phenoxy) is 1. The van der Waals surface area contributed by atoms with Crippen LogP contribution in [0.15, 0.2) is 33.9 Å². The first-order valence-corrected chi connectivity index (χ1v) is 7.30. The molecular weight excluding hydrogens is 308 g/mol. The molecular formula is C14H19BrN2O2. The van der Waals surface area contributed by atoms with Gasteiger partial charge in [0.05, 0.1) is 5.71 Å². The van der Waals surface area contributed by atoms with E-state index in [1.165, 1.54) is 0 Å². The highest BCUT2D eigenvalue weighted by atomic mass is 79.9. The van der Waals surface area contributed by atoms with Gasteiger partial charge in [-0.3, -0.25) is 4.90 Å². The molecule has 1 saturated heterocycles. The van der Waals surface area contributed by atoms with Gasteiger partial charge in [-0.1, -0.05) is 34.1 Å². The van der Waals surface area contributed by atoms with Crippen molar-refractivity contribution in [2.24, 2.45) is 11.1 Å². The Morgan fingerprint density at radius 2 is 2.37 bits per heavy atom. The number of hydrogen-bond donors (Lipinski definition) is 1. The molecule has 1 unspecified atom stereocenters. The fraction of sp³-hybridized carbons (Fsp3) is 0.500. The SMILES string of the molecule is CC1CN(CCOc2cccc(Br)c2)CC/C1=N\O. The van der Waals surface area contributed by atoms with Crippen LogP contribution >= 0.6 is 15.9 Å². The number of likely N-dealkylation sites (tertiary alicyclic amines) is 1. The fourth-order valence-corrected chi connectivity index (χ4v) is 2.68. The molecule has 0 saturated carbocycles. The Labute approximate surface area is 122 Å². The van der Waals surface area contributed by atoms with Gasteiger partial charge in [-0.2, -0.15) is 0 Å². The molecule has 19 heavy (non-hydrogen) atoms. The molecule has 1 aliphatic rings. The Morgan fingerprint density at radius 3 is 3.05 bits per heavy atom. The van der Waals surface area contributed by atoms with E-state index in [2.05, 4.69) is 32.9 Å². The van der Waals surface area contributed by atoms with Gasteiger partial charge in [-0.15, -0.1) is 0 Å². The lowest BCUT2D eigenvalue weighted by Gasteiger charge is -2.31. The molecule has 104 valence electrons. The van der Waals surface area contributed by atoms with Crippen LogP contribution in [0.4, 0.5) is 0 Å². The lowest BCUT2D eigenvalue weighted by Crippen LogP contribution is -2.41. The normalized spacial score (nSPS) is 22.6. The van der Waals surface area contributed by atoms with Crippen LogP contribution in [0.25, 0.3) is 0 Å². The number of halogens is 1. The Kier molecular flexibility index (Phi) is 5.22. The highest BCUT2D eigenvalue weighted by Gasteiger charge is 2.22. The van der Waals surface area contributed by atoms with Crippen molar-refractivity contribution < 1.29 is 9.94 Å². The summed E-state index contributed by atoms with van der Waals surface area (Å²) < 4.78 is 6.75. The second kappa shape index (κ2) is 6.91. The average Bonchev–Trinajstić information content (AvgIpc) is 2.39. The minimum Gasteiger partial charge on any atom is -0.492 e. The summed E-state index contributed by atoms with van der Waals surface area (Å²) in [4.78, 5) is 2.34. The summed E-state index contributed by atoms with van der Waals surface area (Å²) in [6, 6.07) is 7.87. The third-order valence-corrected chi connectivity index (χ3v) is 3.88. The molecule has 0 bridgehead atoms. The van der Waals surface area contributed by atoms with Crippen LogP contribution in [0.3, 0.4) is 0 Å². The topological polar surface area (TPSA) is 45.1 Å². The van der Waals surface area contributed by atoms with Gasteiger partial charge < -0.3 is 9.94 Å². The number of rotatable bonds is 4. The molecule has 1 aromatic rings. The number of hydrogen-bond acceptors (Lipinski definition) is 4. The van der Waals surface area contributed by atoms with Crippen molar-refractivity contribution in [3.8, 4) is 5.75 Å². The summed E-state index contributed by atoms with van der Waals surface area (Å²) in [5.41, 5.74) is 0.907. The molecule has 1 aliphatic heterocycles. The first-order valence-electron chi connectivity index (χ1n) is 6.50. The van der Waals surface area contributed by atoms with E-state index in [0.717, 1.165) is 42.0 Å². The molecule has 0 spiro atoms. The first kappa shape index (κ1) is 14.3. The van der Waals surface area contributed by atoms with E-state index >= 15 is 0 Å². The molecule has 0 aliphatic carbocycles. The third-order valence-electron chi connectivity index (χ3n) is 3.39. The zero-order valence-electron chi connectivity index (χ0n) is 11.1. The Hall–Kier alpha value is -1.07. The molecule has 1 N–H and O–H groups in total. The van der Waals surface area contributed by atoms with Crippen LogP contribution in [-0.2, 0) is 0 Å². The van der Waals surface area contributed by atoms with E-state index in [0.29, 0.717) is 12.5 Å². The van der Waals surface area contributed by atoms with Gasteiger partial charge in [-0.25, -0.2) is 0 Å². The lowest BCUT2D eigenvalue weighted by atomic mass is 9.98. The molecule has 1 fully saturated rings. The fourth-order valence-electron chi connectivity index (χ4n) is 2.30. The van der Waals surface area contributed by atoms with Crippen LogP contribution in [0.1, 0.15) is 13.3 Å². The van der Waals surface area contributed by atoms with E-state index in [1.807, 2.05) is 24.3 Å². The summed E-state index contributed by atoms with van der Waals surface area (Å²) in [5, 5.41) is 12.2. The predicted octanol–water partition coefficient (Wildman–Crippen LogP) is 3.00.